The molecule has 0 aromatic heterocycles. The highest BCUT2D eigenvalue weighted by atomic mass is 16.6. The van der Waals surface area contributed by atoms with Crippen molar-refractivity contribution in [3.63, 3.8) is 0 Å². The molecule has 2 aliphatic rings. The van der Waals surface area contributed by atoms with E-state index in [-0.39, 0.29) is 24.3 Å². The van der Waals surface area contributed by atoms with Crippen LogP contribution in [0.25, 0.3) is 0 Å². The maximum Gasteiger partial charge on any atom is 0.315 e. The van der Waals surface area contributed by atoms with Gasteiger partial charge in [-0.1, -0.05) is 6.92 Å². The second-order valence-corrected chi connectivity index (χ2v) is 4.73. The Labute approximate surface area is 102 Å². The summed E-state index contributed by atoms with van der Waals surface area (Å²) >= 11 is 0. The summed E-state index contributed by atoms with van der Waals surface area (Å²) in [6.07, 6.45) is 4.17. The van der Waals surface area contributed by atoms with Crippen molar-refractivity contribution in [3.8, 4) is 0 Å². The summed E-state index contributed by atoms with van der Waals surface area (Å²) in [5.41, 5.74) is 0. The number of urea groups is 1. The van der Waals surface area contributed by atoms with Gasteiger partial charge >= 0.3 is 6.03 Å². The Morgan fingerprint density at radius 3 is 2.76 bits per heavy atom. The highest BCUT2D eigenvalue weighted by molar-refractivity contribution is 5.74. The Hall–Kier alpha value is -0.810. The summed E-state index contributed by atoms with van der Waals surface area (Å²) in [4.78, 5) is 11.5. The molecule has 17 heavy (non-hydrogen) atoms. The predicted octanol–water partition coefficient (Wildman–Crippen LogP) is 1.03. The first-order valence-electron chi connectivity index (χ1n) is 6.57. The minimum Gasteiger partial charge on any atom is -0.373 e. The number of hydrogen-bond acceptors (Lipinski definition) is 3. The van der Waals surface area contributed by atoms with Gasteiger partial charge in [-0.2, -0.15) is 0 Å². The molecule has 2 amide bonds. The molecule has 2 N–H and O–H groups in total. The zero-order valence-corrected chi connectivity index (χ0v) is 10.4. The fraction of sp³-hybridized carbons (Fsp3) is 0.917. The van der Waals surface area contributed by atoms with E-state index in [0.717, 1.165) is 32.2 Å². The molecular formula is C12H22N2O3. The van der Waals surface area contributed by atoms with Gasteiger partial charge in [-0.25, -0.2) is 4.79 Å². The van der Waals surface area contributed by atoms with Gasteiger partial charge in [0.05, 0.1) is 25.4 Å². The molecule has 2 fully saturated rings. The molecule has 0 aromatic carbocycles. The van der Waals surface area contributed by atoms with E-state index in [1.54, 1.807) is 0 Å². The van der Waals surface area contributed by atoms with Crippen LogP contribution < -0.4 is 10.6 Å². The summed E-state index contributed by atoms with van der Waals surface area (Å²) < 4.78 is 11.3. The topological polar surface area (TPSA) is 59.6 Å². The molecule has 1 saturated heterocycles. The zero-order valence-electron chi connectivity index (χ0n) is 10.4. The Balaban J connectivity index is 1.73. The number of carbonyl (C=O) groups is 1. The fourth-order valence-corrected chi connectivity index (χ4v) is 2.47. The largest absolute Gasteiger partial charge is 0.373 e. The lowest BCUT2D eigenvalue weighted by Gasteiger charge is -2.39. The third-order valence-corrected chi connectivity index (χ3v) is 3.35. The molecule has 0 radical (unpaired) electrons. The second-order valence-electron chi connectivity index (χ2n) is 4.73. The van der Waals surface area contributed by atoms with Gasteiger partial charge in [-0.15, -0.1) is 0 Å². The van der Waals surface area contributed by atoms with Crippen molar-refractivity contribution in [1.29, 1.82) is 0 Å². The summed E-state index contributed by atoms with van der Waals surface area (Å²) in [7, 11) is 0. The van der Waals surface area contributed by atoms with Crippen molar-refractivity contribution in [3.05, 3.63) is 0 Å². The first kappa shape index (κ1) is 12.6. The minimum atomic E-state index is -0.0629. The normalized spacial score (nSPS) is 32.6. The highest BCUT2D eigenvalue weighted by Crippen LogP contribution is 2.26. The Morgan fingerprint density at radius 2 is 2.00 bits per heavy atom. The van der Waals surface area contributed by atoms with Gasteiger partial charge in [-0.3, -0.25) is 0 Å². The van der Waals surface area contributed by atoms with Crippen molar-refractivity contribution in [1.82, 2.24) is 10.6 Å². The maximum atomic E-state index is 11.5. The number of rotatable bonds is 3. The molecule has 3 atom stereocenters. The van der Waals surface area contributed by atoms with E-state index >= 15 is 0 Å². The minimum absolute atomic E-state index is 0.0629. The zero-order chi connectivity index (χ0) is 12.1. The van der Waals surface area contributed by atoms with Crippen molar-refractivity contribution in [2.75, 3.05) is 19.8 Å². The van der Waals surface area contributed by atoms with Gasteiger partial charge in [0.25, 0.3) is 0 Å². The standard InChI is InChI=1S/C12H22N2O3/c1-2-5-13-12(15)14-9-3-4-10-11(8-9)17-7-6-16-10/h9-11H,2-8H2,1H3,(H2,13,14,15). The van der Waals surface area contributed by atoms with Gasteiger partial charge in [-0.05, 0) is 25.7 Å². The SMILES string of the molecule is CCCNC(=O)NC1CCC2OCCOC2C1. The monoisotopic (exact) mass is 242 g/mol. The number of carbonyl (C=O) groups excluding carboxylic acids is 1. The summed E-state index contributed by atoms with van der Waals surface area (Å²) in [6, 6.07) is 0.154. The highest BCUT2D eigenvalue weighted by Gasteiger charge is 2.34. The van der Waals surface area contributed by atoms with Gasteiger partial charge < -0.3 is 20.1 Å². The Morgan fingerprint density at radius 1 is 1.24 bits per heavy atom. The van der Waals surface area contributed by atoms with E-state index in [2.05, 4.69) is 10.6 Å². The first-order valence-corrected chi connectivity index (χ1v) is 6.57. The number of fused-ring (bicyclic) bond motifs is 1. The molecule has 5 heteroatoms. The fourth-order valence-electron chi connectivity index (χ4n) is 2.47. The summed E-state index contributed by atoms with van der Waals surface area (Å²) in [6.45, 7) is 4.15. The van der Waals surface area contributed by atoms with Gasteiger partial charge in [0.15, 0.2) is 0 Å². The Bertz CT molecular complexity index is 260. The van der Waals surface area contributed by atoms with Crippen LogP contribution in [0.1, 0.15) is 32.6 Å². The van der Waals surface area contributed by atoms with E-state index in [9.17, 15) is 4.79 Å². The molecule has 1 aliphatic heterocycles. The van der Waals surface area contributed by atoms with Gasteiger partial charge in [0.1, 0.15) is 0 Å². The van der Waals surface area contributed by atoms with Gasteiger partial charge in [0.2, 0.25) is 0 Å². The third kappa shape index (κ3) is 3.57. The first-order chi connectivity index (χ1) is 8.29. The second kappa shape index (κ2) is 6.21. The molecule has 0 spiro atoms. The average molecular weight is 242 g/mol. The van der Waals surface area contributed by atoms with Crippen LogP contribution in [-0.4, -0.2) is 44.0 Å². The molecule has 1 aliphatic carbocycles. The molecule has 5 nitrogen and oxygen atoms in total. The van der Waals surface area contributed by atoms with Crippen LogP contribution in [-0.2, 0) is 9.47 Å². The van der Waals surface area contributed by atoms with Crippen molar-refractivity contribution < 1.29 is 14.3 Å². The number of hydrogen-bond donors (Lipinski definition) is 2. The van der Waals surface area contributed by atoms with Crippen molar-refractivity contribution >= 4 is 6.03 Å². The maximum absolute atomic E-state index is 11.5. The third-order valence-electron chi connectivity index (χ3n) is 3.35. The summed E-state index contributed by atoms with van der Waals surface area (Å²) in [5, 5.41) is 5.83. The molecule has 0 bridgehead atoms. The molecule has 3 unspecified atom stereocenters. The van der Waals surface area contributed by atoms with E-state index in [1.807, 2.05) is 6.92 Å². The molecule has 0 aromatic rings. The molecule has 1 heterocycles. The van der Waals surface area contributed by atoms with E-state index < -0.39 is 0 Å². The quantitative estimate of drug-likeness (QED) is 0.777. The summed E-state index contributed by atoms with van der Waals surface area (Å²) in [5.74, 6) is 0. The van der Waals surface area contributed by atoms with Crippen LogP contribution in [0.15, 0.2) is 0 Å². The number of amides is 2. The lowest BCUT2D eigenvalue weighted by Crippen LogP contribution is -2.51. The van der Waals surface area contributed by atoms with E-state index in [4.69, 9.17) is 9.47 Å². The number of ether oxygens (including phenoxy) is 2. The van der Waals surface area contributed by atoms with Crippen LogP contribution in [0.2, 0.25) is 0 Å². The molecule has 1 saturated carbocycles. The smallest absolute Gasteiger partial charge is 0.315 e. The Kier molecular flexibility index (Phi) is 4.62. The van der Waals surface area contributed by atoms with E-state index in [1.165, 1.54) is 0 Å². The number of nitrogens with one attached hydrogen (secondary N) is 2. The van der Waals surface area contributed by atoms with Crippen LogP contribution in [0.3, 0.4) is 0 Å². The van der Waals surface area contributed by atoms with Crippen LogP contribution in [0.4, 0.5) is 4.79 Å². The van der Waals surface area contributed by atoms with Crippen LogP contribution in [0.5, 0.6) is 0 Å². The average Bonchev–Trinajstić information content (AvgIpc) is 2.36. The van der Waals surface area contributed by atoms with E-state index in [0.29, 0.717) is 13.2 Å². The van der Waals surface area contributed by atoms with Crippen LogP contribution >= 0.6 is 0 Å². The lowest BCUT2D eigenvalue weighted by molar-refractivity contribution is -0.157. The molecule has 2 rings (SSSR count). The van der Waals surface area contributed by atoms with Crippen molar-refractivity contribution in [2.24, 2.45) is 0 Å². The molecular weight excluding hydrogens is 220 g/mol. The van der Waals surface area contributed by atoms with Crippen LogP contribution in [0, 0.1) is 0 Å². The predicted molar refractivity (Wildman–Crippen MR) is 63.9 cm³/mol. The van der Waals surface area contributed by atoms with Gasteiger partial charge in [0, 0.05) is 12.6 Å². The van der Waals surface area contributed by atoms with Crippen molar-refractivity contribution in [2.45, 2.75) is 50.9 Å². The molecule has 98 valence electrons. The lowest BCUT2D eigenvalue weighted by atomic mass is 9.90.